The molecule has 2 unspecified atom stereocenters. The van der Waals surface area contributed by atoms with Crippen molar-refractivity contribution >= 4 is 6.01 Å². The van der Waals surface area contributed by atoms with E-state index >= 15 is 0 Å². The number of rotatable bonds is 7. The maximum absolute atomic E-state index is 5.67. The second kappa shape index (κ2) is 7.62. The Morgan fingerprint density at radius 3 is 2.80 bits per heavy atom. The van der Waals surface area contributed by atoms with E-state index in [2.05, 4.69) is 41.6 Å². The van der Waals surface area contributed by atoms with Gasteiger partial charge in [-0.15, -0.1) is 5.10 Å². The second-order valence-corrected chi connectivity index (χ2v) is 6.12. The molecule has 0 saturated heterocycles. The first-order chi connectivity index (χ1) is 9.70. The molecule has 114 valence electrons. The minimum absolute atomic E-state index is 0.473. The Morgan fingerprint density at radius 2 is 2.05 bits per heavy atom. The Bertz CT molecular complexity index is 391. The van der Waals surface area contributed by atoms with Crippen molar-refractivity contribution < 1.29 is 4.42 Å². The van der Waals surface area contributed by atoms with Gasteiger partial charge in [0.05, 0.1) is 6.54 Å². The van der Waals surface area contributed by atoms with Gasteiger partial charge >= 0.3 is 6.01 Å². The van der Waals surface area contributed by atoms with Crippen LogP contribution in [0.1, 0.15) is 58.8 Å². The Balaban J connectivity index is 1.88. The summed E-state index contributed by atoms with van der Waals surface area (Å²) in [6, 6.07) is 1.05. The van der Waals surface area contributed by atoms with E-state index in [9.17, 15) is 0 Å². The molecule has 2 atom stereocenters. The van der Waals surface area contributed by atoms with Crippen LogP contribution in [0, 0.1) is 11.8 Å². The Hall–Kier alpha value is -1.10. The molecule has 0 radical (unpaired) electrons. The van der Waals surface area contributed by atoms with Crippen LogP contribution in [-0.2, 0) is 6.54 Å². The summed E-state index contributed by atoms with van der Waals surface area (Å²) in [5.74, 6) is 2.07. The lowest BCUT2D eigenvalue weighted by Crippen LogP contribution is -2.35. The first-order valence-electron chi connectivity index (χ1n) is 8.00. The molecular weight excluding hydrogens is 252 g/mol. The van der Waals surface area contributed by atoms with E-state index in [1.165, 1.54) is 25.7 Å². The number of hydrogen-bond acceptors (Lipinski definition) is 5. The summed E-state index contributed by atoms with van der Waals surface area (Å²) in [4.78, 5) is 0. The van der Waals surface area contributed by atoms with Crippen molar-refractivity contribution in [3.05, 3.63) is 5.89 Å². The van der Waals surface area contributed by atoms with E-state index in [4.69, 9.17) is 4.42 Å². The first-order valence-corrected chi connectivity index (χ1v) is 8.00. The van der Waals surface area contributed by atoms with Crippen LogP contribution in [0.3, 0.4) is 0 Å². The van der Waals surface area contributed by atoms with Gasteiger partial charge < -0.3 is 15.1 Å². The predicted octanol–water partition coefficient (Wildman–Crippen LogP) is 3.20. The van der Waals surface area contributed by atoms with E-state index in [0.29, 0.717) is 36.3 Å². The van der Waals surface area contributed by atoms with Gasteiger partial charge in [-0.1, -0.05) is 38.7 Å². The molecule has 5 heteroatoms. The normalized spacial score (nSPS) is 23.2. The average Bonchev–Trinajstić information content (AvgIpc) is 2.87. The topological polar surface area (TPSA) is 63.0 Å². The molecular formula is C15H28N4O. The molecule has 20 heavy (non-hydrogen) atoms. The van der Waals surface area contributed by atoms with Crippen LogP contribution in [0.25, 0.3) is 0 Å². The molecule has 1 fully saturated rings. The van der Waals surface area contributed by atoms with E-state index < -0.39 is 0 Å². The lowest BCUT2D eigenvalue weighted by Gasteiger charge is -2.34. The van der Waals surface area contributed by atoms with Crippen molar-refractivity contribution in [1.82, 2.24) is 15.5 Å². The molecule has 0 bridgehead atoms. The van der Waals surface area contributed by atoms with Crippen molar-refractivity contribution in [3.63, 3.8) is 0 Å². The fraction of sp³-hybridized carbons (Fsp3) is 0.867. The first kappa shape index (κ1) is 15.3. The third kappa shape index (κ3) is 4.20. The van der Waals surface area contributed by atoms with Crippen LogP contribution in [0.2, 0.25) is 0 Å². The summed E-state index contributed by atoms with van der Waals surface area (Å²) >= 11 is 0. The minimum atomic E-state index is 0.473. The quantitative estimate of drug-likeness (QED) is 0.751. The third-order valence-electron chi connectivity index (χ3n) is 4.15. The van der Waals surface area contributed by atoms with E-state index in [1.807, 2.05) is 0 Å². The number of hydrogen-bond donors (Lipinski definition) is 2. The van der Waals surface area contributed by atoms with E-state index in [1.54, 1.807) is 0 Å². The summed E-state index contributed by atoms with van der Waals surface area (Å²) in [5.41, 5.74) is 0. The van der Waals surface area contributed by atoms with Gasteiger partial charge in [0, 0.05) is 6.04 Å². The maximum atomic E-state index is 5.67. The number of nitrogens with zero attached hydrogens (tertiary/aromatic N) is 2. The van der Waals surface area contributed by atoms with Gasteiger partial charge in [0.25, 0.3) is 0 Å². The summed E-state index contributed by atoms with van der Waals surface area (Å²) in [6.45, 7) is 8.38. The fourth-order valence-electron chi connectivity index (χ4n) is 3.05. The molecule has 1 aromatic rings. The van der Waals surface area contributed by atoms with Crippen LogP contribution in [0.4, 0.5) is 6.01 Å². The van der Waals surface area contributed by atoms with Crippen molar-refractivity contribution in [2.24, 2.45) is 11.8 Å². The third-order valence-corrected chi connectivity index (χ3v) is 4.15. The lowest BCUT2D eigenvalue weighted by atomic mass is 9.78. The maximum Gasteiger partial charge on any atom is 0.315 e. The highest BCUT2D eigenvalue weighted by atomic mass is 16.4. The number of aromatic nitrogens is 2. The van der Waals surface area contributed by atoms with Gasteiger partial charge in [-0.2, -0.15) is 0 Å². The molecule has 0 spiro atoms. The highest BCUT2D eigenvalue weighted by Crippen LogP contribution is 2.32. The van der Waals surface area contributed by atoms with Crippen molar-refractivity contribution in [2.45, 2.75) is 65.5 Å². The zero-order chi connectivity index (χ0) is 14.4. The molecule has 1 heterocycles. The number of anilines is 1. The second-order valence-electron chi connectivity index (χ2n) is 6.12. The standard InChI is InChI=1S/C15H28N4O/c1-4-9-16-10-14-18-19-15(20-14)17-13-8-6-5-7-12(13)11(2)3/h11-13,16H,4-10H2,1-3H3,(H,17,19). The molecule has 0 aromatic carbocycles. The van der Waals surface area contributed by atoms with E-state index in [0.717, 1.165) is 13.0 Å². The fourth-order valence-corrected chi connectivity index (χ4v) is 3.05. The van der Waals surface area contributed by atoms with Crippen LogP contribution in [0.5, 0.6) is 0 Å². The Labute approximate surface area is 121 Å². The smallest absolute Gasteiger partial charge is 0.315 e. The molecule has 0 aliphatic heterocycles. The zero-order valence-corrected chi connectivity index (χ0v) is 13.0. The van der Waals surface area contributed by atoms with Crippen LogP contribution in [-0.4, -0.2) is 22.8 Å². The summed E-state index contributed by atoms with van der Waals surface area (Å²) in [6.07, 6.45) is 6.25. The van der Waals surface area contributed by atoms with Crippen LogP contribution >= 0.6 is 0 Å². The van der Waals surface area contributed by atoms with Crippen LogP contribution in [0.15, 0.2) is 4.42 Å². The van der Waals surface area contributed by atoms with Crippen molar-refractivity contribution in [1.29, 1.82) is 0 Å². The molecule has 1 aliphatic carbocycles. The molecule has 1 aliphatic rings. The van der Waals surface area contributed by atoms with Gasteiger partial charge in [0.1, 0.15) is 0 Å². The molecule has 5 nitrogen and oxygen atoms in total. The molecule has 1 saturated carbocycles. The summed E-state index contributed by atoms with van der Waals surface area (Å²) < 4.78 is 5.67. The highest BCUT2D eigenvalue weighted by Gasteiger charge is 2.28. The lowest BCUT2D eigenvalue weighted by molar-refractivity contribution is 0.250. The van der Waals surface area contributed by atoms with Crippen molar-refractivity contribution in [2.75, 3.05) is 11.9 Å². The summed E-state index contributed by atoms with van der Waals surface area (Å²) in [7, 11) is 0. The van der Waals surface area contributed by atoms with Gasteiger partial charge in [-0.05, 0) is 37.6 Å². The monoisotopic (exact) mass is 280 g/mol. The molecule has 1 aromatic heterocycles. The Morgan fingerprint density at radius 1 is 1.25 bits per heavy atom. The Kier molecular flexibility index (Phi) is 5.83. The minimum Gasteiger partial charge on any atom is -0.407 e. The molecule has 2 N–H and O–H groups in total. The van der Waals surface area contributed by atoms with Gasteiger partial charge in [-0.25, -0.2) is 0 Å². The van der Waals surface area contributed by atoms with Crippen LogP contribution < -0.4 is 10.6 Å². The number of nitrogens with one attached hydrogen (secondary N) is 2. The van der Waals surface area contributed by atoms with Gasteiger partial charge in [0.2, 0.25) is 5.89 Å². The van der Waals surface area contributed by atoms with Gasteiger partial charge in [-0.3, -0.25) is 0 Å². The van der Waals surface area contributed by atoms with Crippen molar-refractivity contribution in [3.8, 4) is 0 Å². The SMILES string of the molecule is CCCNCc1nnc(NC2CCCCC2C(C)C)o1. The molecule has 0 amide bonds. The largest absolute Gasteiger partial charge is 0.407 e. The summed E-state index contributed by atoms with van der Waals surface area (Å²) in [5, 5.41) is 14.9. The average molecular weight is 280 g/mol. The van der Waals surface area contributed by atoms with E-state index in [-0.39, 0.29) is 0 Å². The predicted molar refractivity (Wildman–Crippen MR) is 80.5 cm³/mol. The van der Waals surface area contributed by atoms with Gasteiger partial charge in [0.15, 0.2) is 0 Å². The molecule has 2 rings (SSSR count). The zero-order valence-electron chi connectivity index (χ0n) is 13.0. The highest BCUT2D eigenvalue weighted by molar-refractivity contribution is 5.20.